The van der Waals surface area contributed by atoms with Crippen molar-refractivity contribution in [2.45, 2.75) is 18.0 Å². The van der Waals surface area contributed by atoms with Crippen LogP contribution in [0.15, 0.2) is 127 Å². The fourth-order valence-corrected chi connectivity index (χ4v) is 5.13. The van der Waals surface area contributed by atoms with Gasteiger partial charge in [-0.05, 0) is 58.7 Å². The van der Waals surface area contributed by atoms with E-state index in [2.05, 4.69) is 81.3 Å². The summed E-state index contributed by atoms with van der Waals surface area (Å²) in [5, 5.41) is 6.75. The molecule has 42 heavy (non-hydrogen) atoms. The smallest absolute Gasteiger partial charge is 0.118 e. The number of hydrogen-bond donors (Lipinski definition) is 2. The largest absolute Gasteiger partial charge is 0.497 e. The van der Waals surface area contributed by atoms with E-state index in [9.17, 15) is 0 Å². The number of rotatable bonds is 13. The lowest BCUT2D eigenvalue weighted by Crippen LogP contribution is -2.16. The third-order valence-electron chi connectivity index (χ3n) is 6.34. The van der Waals surface area contributed by atoms with Crippen molar-refractivity contribution in [1.29, 1.82) is 0 Å². The number of halogens is 1. The van der Waals surface area contributed by atoms with Crippen molar-refractivity contribution in [2.75, 3.05) is 31.8 Å². The molecule has 0 radical (unpaired) electrons. The molecule has 5 nitrogen and oxygen atoms in total. The Balaban J connectivity index is 0.000000208. The van der Waals surface area contributed by atoms with Crippen LogP contribution in [0.1, 0.15) is 11.1 Å². The summed E-state index contributed by atoms with van der Waals surface area (Å²) in [6.07, 6.45) is 7.61. The fourth-order valence-electron chi connectivity index (χ4n) is 4.19. The van der Waals surface area contributed by atoms with Gasteiger partial charge < -0.3 is 15.4 Å². The molecule has 0 unspecified atom stereocenters. The first kappa shape index (κ1) is 31.3. The van der Waals surface area contributed by atoms with Crippen molar-refractivity contribution in [3.63, 3.8) is 0 Å². The lowest BCUT2D eigenvalue weighted by molar-refractivity contribution is 0.414. The maximum atomic E-state index is 5.62. The molecule has 0 atom stereocenters. The van der Waals surface area contributed by atoms with E-state index in [4.69, 9.17) is 16.3 Å². The van der Waals surface area contributed by atoms with Crippen LogP contribution in [0, 0.1) is 0 Å². The molecule has 7 heteroatoms. The van der Waals surface area contributed by atoms with Crippen LogP contribution in [-0.4, -0.2) is 41.8 Å². The van der Waals surface area contributed by atoms with Crippen LogP contribution in [0.25, 0.3) is 22.3 Å². The lowest BCUT2D eigenvalue weighted by Gasteiger charge is -2.07. The van der Waals surface area contributed by atoms with E-state index in [1.165, 1.54) is 27.1 Å². The second kappa shape index (κ2) is 18.0. The molecule has 5 aromatic rings. The van der Waals surface area contributed by atoms with E-state index in [0.29, 0.717) is 5.88 Å². The molecular formula is C35H37ClN4OS. The van der Waals surface area contributed by atoms with E-state index < -0.39 is 0 Å². The first-order chi connectivity index (χ1) is 20.7. The zero-order valence-corrected chi connectivity index (χ0v) is 25.5. The van der Waals surface area contributed by atoms with Gasteiger partial charge in [0.15, 0.2) is 0 Å². The van der Waals surface area contributed by atoms with Crippen molar-refractivity contribution >= 4 is 23.4 Å². The number of aromatic nitrogens is 2. The van der Waals surface area contributed by atoms with Crippen LogP contribution in [0.5, 0.6) is 5.75 Å². The van der Waals surface area contributed by atoms with Crippen LogP contribution in [0.3, 0.4) is 0 Å². The summed E-state index contributed by atoms with van der Waals surface area (Å²) < 4.78 is 5.18. The van der Waals surface area contributed by atoms with Gasteiger partial charge in [-0.15, -0.1) is 23.4 Å². The molecule has 2 N–H and O–H groups in total. The van der Waals surface area contributed by atoms with E-state index in [1.54, 1.807) is 7.11 Å². The Labute approximate surface area is 258 Å². The first-order valence-corrected chi connectivity index (χ1v) is 15.5. The average Bonchev–Trinajstić information content (AvgIpc) is 3.06. The topological polar surface area (TPSA) is 59.1 Å². The Morgan fingerprint density at radius 2 is 1.17 bits per heavy atom. The maximum Gasteiger partial charge on any atom is 0.118 e. The molecule has 0 bridgehead atoms. The van der Waals surface area contributed by atoms with Gasteiger partial charge in [0.25, 0.3) is 0 Å². The molecule has 216 valence electrons. The number of alkyl halides is 1. The highest BCUT2D eigenvalue weighted by molar-refractivity contribution is 7.99. The Bertz CT molecular complexity index is 1450. The first-order valence-electron chi connectivity index (χ1n) is 14.0. The molecule has 0 saturated carbocycles. The Morgan fingerprint density at radius 3 is 1.67 bits per heavy atom. The molecule has 0 aliphatic heterocycles. The number of pyridine rings is 2. The molecule has 2 aromatic heterocycles. The number of thioether (sulfide) groups is 1. The van der Waals surface area contributed by atoms with E-state index in [0.717, 1.165) is 48.8 Å². The van der Waals surface area contributed by atoms with Crippen molar-refractivity contribution in [2.24, 2.45) is 0 Å². The molecule has 5 rings (SSSR count). The summed E-state index contributed by atoms with van der Waals surface area (Å²) in [4.78, 5) is 9.89. The number of methoxy groups -OCH3 is 1. The lowest BCUT2D eigenvalue weighted by atomic mass is 10.1. The molecule has 0 aliphatic rings. The highest BCUT2D eigenvalue weighted by atomic mass is 35.5. The summed E-state index contributed by atoms with van der Waals surface area (Å²) in [5.74, 6) is 2.55. The molecule has 0 fully saturated rings. The predicted octanol–water partition coefficient (Wildman–Crippen LogP) is 7.72. The van der Waals surface area contributed by atoms with Crippen LogP contribution >= 0.6 is 23.4 Å². The average molecular weight is 597 g/mol. The number of nitrogens with zero attached hydrogens (tertiary/aromatic N) is 2. The zero-order valence-electron chi connectivity index (χ0n) is 23.9. The minimum atomic E-state index is 0.631. The van der Waals surface area contributed by atoms with Crippen LogP contribution in [-0.2, 0) is 13.1 Å². The minimum Gasteiger partial charge on any atom is -0.497 e. The standard InChI is InChI=1S/C21H22N2OS.C14H15ClN2/c1-24-20-7-9-21(10-8-20)25-12-11-22-14-17-13-19(16-23-15-17)18-5-3-2-4-6-18;15-6-7-16-9-12-8-14(11-17-10-12)13-4-2-1-3-5-13/h2-10,13,15-16,22H,11-12,14H2,1H3;1-5,8,10-11,16H,6-7,9H2. The summed E-state index contributed by atoms with van der Waals surface area (Å²) >= 11 is 7.46. The SMILES string of the molecule is COc1ccc(SCCNCc2cncc(-c3ccccc3)c2)cc1.ClCCNCc1cncc(-c2ccccc2)c1. The number of hydrogen-bond acceptors (Lipinski definition) is 6. The summed E-state index contributed by atoms with van der Waals surface area (Å²) in [6, 6.07) is 33.2. The fraction of sp³-hybridized carbons (Fsp3) is 0.200. The Morgan fingerprint density at radius 1 is 0.643 bits per heavy atom. The Kier molecular flexibility index (Phi) is 13.4. The molecule has 2 heterocycles. The van der Waals surface area contributed by atoms with Crippen molar-refractivity contribution in [1.82, 2.24) is 20.6 Å². The predicted molar refractivity (Wildman–Crippen MR) is 177 cm³/mol. The van der Waals surface area contributed by atoms with Crippen molar-refractivity contribution in [3.05, 3.63) is 133 Å². The number of ether oxygens (including phenoxy) is 1. The zero-order chi connectivity index (χ0) is 29.2. The van der Waals surface area contributed by atoms with E-state index >= 15 is 0 Å². The van der Waals surface area contributed by atoms with Gasteiger partial charge in [-0.25, -0.2) is 0 Å². The second-order valence-corrected chi connectivity index (χ2v) is 11.0. The molecular weight excluding hydrogens is 560 g/mol. The van der Waals surface area contributed by atoms with Gasteiger partial charge in [0.05, 0.1) is 7.11 Å². The molecule has 0 saturated heterocycles. The highest BCUT2D eigenvalue weighted by Gasteiger charge is 2.01. The van der Waals surface area contributed by atoms with Crippen molar-refractivity contribution in [3.8, 4) is 28.0 Å². The van der Waals surface area contributed by atoms with Crippen molar-refractivity contribution < 1.29 is 4.74 Å². The van der Waals surface area contributed by atoms with E-state index in [1.807, 2.05) is 72.9 Å². The van der Waals surface area contributed by atoms with Gasteiger partial charge >= 0.3 is 0 Å². The summed E-state index contributed by atoms with van der Waals surface area (Å²) in [5.41, 5.74) is 7.08. The van der Waals surface area contributed by atoms with Gasteiger partial charge in [0.1, 0.15) is 5.75 Å². The highest BCUT2D eigenvalue weighted by Crippen LogP contribution is 2.22. The second-order valence-electron chi connectivity index (χ2n) is 9.46. The van der Waals surface area contributed by atoms with Crippen LogP contribution < -0.4 is 15.4 Å². The molecule has 0 amide bonds. The number of nitrogens with one attached hydrogen (secondary N) is 2. The third kappa shape index (κ3) is 10.6. The van der Waals surface area contributed by atoms with Gasteiger partial charge in [0.2, 0.25) is 0 Å². The maximum absolute atomic E-state index is 5.62. The minimum absolute atomic E-state index is 0.631. The van der Waals surface area contributed by atoms with Gasteiger partial charge in [-0.1, -0.05) is 60.7 Å². The van der Waals surface area contributed by atoms with Crippen LogP contribution in [0.4, 0.5) is 0 Å². The summed E-state index contributed by atoms with van der Waals surface area (Å²) in [7, 11) is 1.69. The third-order valence-corrected chi connectivity index (χ3v) is 7.54. The molecule has 0 spiro atoms. The summed E-state index contributed by atoms with van der Waals surface area (Å²) in [6.45, 7) is 3.40. The van der Waals surface area contributed by atoms with E-state index in [-0.39, 0.29) is 0 Å². The van der Waals surface area contributed by atoms with Crippen LogP contribution in [0.2, 0.25) is 0 Å². The van der Waals surface area contributed by atoms with Gasteiger partial charge in [-0.2, -0.15) is 0 Å². The number of benzene rings is 3. The van der Waals surface area contributed by atoms with Gasteiger partial charge in [0, 0.05) is 78.6 Å². The normalized spacial score (nSPS) is 10.5. The molecule has 3 aromatic carbocycles. The molecule has 0 aliphatic carbocycles. The Hall–Kier alpha value is -3.68. The van der Waals surface area contributed by atoms with Gasteiger partial charge in [-0.3, -0.25) is 9.97 Å². The monoisotopic (exact) mass is 596 g/mol. The quantitative estimate of drug-likeness (QED) is 0.0824.